The molecule has 0 aliphatic carbocycles. The lowest BCUT2D eigenvalue weighted by Gasteiger charge is -2.12. The minimum absolute atomic E-state index is 0.276. The fourth-order valence-electron chi connectivity index (χ4n) is 3.00. The van der Waals surface area contributed by atoms with E-state index in [1.807, 2.05) is 55.5 Å². The van der Waals surface area contributed by atoms with Gasteiger partial charge in [0.05, 0.1) is 7.11 Å². The van der Waals surface area contributed by atoms with Crippen molar-refractivity contribution in [2.24, 2.45) is 0 Å². The fraction of sp³-hybridized carbons (Fsp3) is 0.238. The van der Waals surface area contributed by atoms with Crippen LogP contribution in [0.4, 0.5) is 11.8 Å². The summed E-state index contributed by atoms with van der Waals surface area (Å²) < 4.78 is 16.2. The van der Waals surface area contributed by atoms with Crippen LogP contribution in [0, 0.1) is 6.92 Å². The summed E-state index contributed by atoms with van der Waals surface area (Å²) in [5.74, 6) is 3.72. The van der Waals surface area contributed by atoms with Crippen molar-refractivity contribution in [1.82, 2.24) is 9.97 Å². The number of ether oxygens (including phenoxy) is 3. The van der Waals surface area contributed by atoms with E-state index in [2.05, 4.69) is 20.6 Å². The molecule has 28 heavy (non-hydrogen) atoms. The number of fused-ring (bicyclic) bond motifs is 1. The summed E-state index contributed by atoms with van der Waals surface area (Å²) in [6.45, 7) is 3.42. The predicted octanol–water partition coefficient (Wildman–Crippen LogP) is 3.75. The second-order valence-electron chi connectivity index (χ2n) is 6.42. The highest BCUT2D eigenvalue weighted by Crippen LogP contribution is 2.32. The van der Waals surface area contributed by atoms with Crippen LogP contribution in [-0.4, -0.2) is 23.9 Å². The first kappa shape index (κ1) is 17.9. The molecule has 0 spiro atoms. The fourth-order valence-corrected chi connectivity index (χ4v) is 3.00. The van der Waals surface area contributed by atoms with Crippen molar-refractivity contribution in [1.29, 1.82) is 0 Å². The average Bonchev–Trinajstić information content (AvgIpc) is 3.18. The van der Waals surface area contributed by atoms with Gasteiger partial charge in [-0.25, -0.2) is 4.98 Å². The summed E-state index contributed by atoms with van der Waals surface area (Å²) in [4.78, 5) is 9.03. The lowest BCUT2D eigenvalue weighted by atomic mass is 10.2. The number of nitrogens with one attached hydrogen (secondary N) is 2. The van der Waals surface area contributed by atoms with Crippen molar-refractivity contribution in [2.75, 3.05) is 24.5 Å². The van der Waals surface area contributed by atoms with Crippen molar-refractivity contribution >= 4 is 11.8 Å². The zero-order chi connectivity index (χ0) is 19.3. The van der Waals surface area contributed by atoms with Gasteiger partial charge in [0.15, 0.2) is 11.5 Å². The zero-order valence-electron chi connectivity index (χ0n) is 15.9. The van der Waals surface area contributed by atoms with Gasteiger partial charge in [-0.15, -0.1) is 0 Å². The van der Waals surface area contributed by atoms with E-state index < -0.39 is 0 Å². The lowest BCUT2D eigenvalue weighted by molar-refractivity contribution is 0.174. The van der Waals surface area contributed by atoms with Crippen LogP contribution in [0.3, 0.4) is 0 Å². The van der Waals surface area contributed by atoms with E-state index in [9.17, 15) is 0 Å². The van der Waals surface area contributed by atoms with Gasteiger partial charge in [-0.3, -0.25) is 0 Å². The summed E-state index contributed by atoms with van der Waals surface area (Å²) in [5, 5.41) is 6.61. The van der Waals surface area contributed by atoms with Gasteiger partial charge >= 0.3 is 0 Å². The number of hydrogen-bond acceptors (Lipinski definition) is 7. The van der Waals surface area contributed by atoms with E-state index in [0.717, 1.165) is 39.9 Å². The summed E-state index contributed by atoms with van der Waals surface area (Å²) >= 11 is 0. The molecule has 0 unspecified atom stereocenters. The Bertz CT molecular complexity index is 978. The Balaban J connectivity index is 1.42. The number of aryl methyl sites for hydroxylation is 1. The van der Waals surface area contributed by atoms with Crippen LogP contribution < -0.4 is 24.8 Å². The number of hydrogen-bond donors (Lipinski definition) is 2. The first-order valence-electron chi connectivity index (χ1n) is 9.05. The van der Waals surface area contributed by atoms with Gasteiger partial charge in [-0.2, -0.15) is 4.98 Å². The monoisotopic (exact) mass is 378 g/mol. The van der Waals surface area contributed by atoms with Crippen LogP contribution in [0.1, 0.15) is 16.8 Å². The molecule has 2 aromatic carbocycles. The third-order valence-corrected chi connectivity index (χ3v) is 4.39. The Labute approximate surface area is 163 Å². The molecule has 0 atom stereocenters. The normalized spacial score (nSPS) is 11.9. The summed E-state index contributed by atoms with van der Waals surface area (Å²) in [6, 6.07) is 15.7. The van der Waals surface area contributed by atoms with Gasteiger partial charge < -0.3 is 24.8 Å². The Hall–Kier alpha value is -3.48. The van der Waals surface area contributed by atoms with Crippen LogP contribution in [0.15, 0.2) is 48.5 Å². The number of rotatable bonds is 7. The number of aromatic nitrogens is 2. The molecule has 0 saturated carbocycles. The van der Waals surface area contributed by atoms with Gasteiger partial charge in [0.1, 0.15) is 11.6 Å². The van der Waals surface area contributed by atoms with Crippen molar-refractivity contribution in [2.45, 2.75) is 20.0 Å². The van der Waals surface area contributed by atoms with Gasteiger partial charge in [-0.05, 0) is 30.7 Å². The van der Waals surface area contributed by atoms with Crippen molar-refractivity contribution in [3.05, 3.63) is 65.4 Å². The van der Waals surface area contributed by atoms with E-state index in [1.54, 1.807) is 7.11 Å². The SMILES string of the molecule is COc1ccccc1CNc1nc(C)cc(NCc2ccc3c(c2)OCO3)n1. The van der Waals surface area contributed by atoms with E-state index in [4.69, 9.17) is 14.2 Å². The molecular formula is C21H22N4O3. The molecule has 3 aromatic rings. The number of nitrogens with zero attached hydrogens (tertiary/aromatic N) is 2. The van der Waals surface area contributed by atoms with Crippen LogP contribution in [0.2, 0.25) is 0 Å². The van der Waals surface area contributed by atoms with Crippen molar-refractivity contribution in [3.8, 4) is 17.2 Å². The zero-order valence-corrected chi connectivity index (χ0v) is 15.9. The van der Waals surface area contributed by atoms with Crippen LogP contribution in [0.25, 0.3) is 0 Å². The molecule has 2 N–H and O–H groups in total. The highest BCUT2D eigenvalue weighted by Gasteiger charge is 2.13. The molecule has 0 bridgehead atoms. The second kappa shape index (κ2) is 8.04. The quantitative estimate of drug-likeness (QED) is 0.648. The first-order valence-corrected chi connectivity index (χ1v) is 9.05. The minimum atomic E-state index is 0.276. The van der Waals surface area contributed by atoms with E-state index in [1.165, 1.54) is 0 Å². The highest BCUT2D eigenvalue weighted by molar-refractivity contribution is 5.47. The van der Waals surface area contributed by atoms with Gasteiger partial charge in [-0.1, -0.05) is 24.3 Å². The molecule has 0 radical (unpaired) electrons. The third-order valence-electron chi connectivity index (χ3n) is 4.39. The Morgan fingerprint density at radius 2 is 1.82 bits per heavy atom. The summed E-state index contributed by atoms with van der Waals surface area (Å²) in [6.07, 6.45) is 0. The van der Waals surface area contributed by atoms with E-state index in [0.29, 0.717) is 19.0 Å². The second-order valence-corrected chi connectivity index (χ2v) is 6.42. The van der Waals surface area contributed by atoms with Crippen LogP contribution in [0.5, 0.6) is 17.2 Å². The summed E-state index contributed by atoms with van der Waals surface area (Å²) in [5.41, 5.74) is 3.01. The maximum absolute atomic E-state index is 5.43. The van der Waals surface area contributed by atoms with Gasteiger partial charge in [0, 0.05) is 30.4 Å². The maximum Gasteiger partial charge on any atom is 0.231 e. The minimum Gasteiger partial charge on any atom is -0.496 e. The molecule has 0 fully saturated rings. The third kappa shape index (κ3) is 4.09. The molecule has 144 valence electrons. The molecule has 7 heteroatoms. The molecule has 1 aliphatic rings. The average molecular weight is 378 g/mol. The van der Waals surface area contributed by atoms with Gasteiger partial charge in [0.25, 0.3) is 0 Å². The molecule has 1 aromatic heterocycles. The lowest BCUT2D eigenvalue weighted by Crippen LogP contribution is -2.08. The molecular weight excluding hydrogens is 356 g/mol. The molecule has 2 heterocycles. The maximum atomic E-state index is 5.43. The van der Waals surface area contributed by atoms with Crippen molar-refractivity contribution in [3.63, 3.8) is 0 Å². The van der Waals surface area contributed by atoms with Crippen LogP contribution in [-0.2, 0) is 13.1 Å². The number of anilines is 2. The number of benzene rings is 2. The van der Waals surface area contributed by atoms with Crippen LogP contribution >= 0.6 is 0 Å². The largest absolute Gasteiger partial charge is 0.496 e. The highest BCUT2D eigenvalue weighted by atomic mass is 16.7. The molecule has 0 amide bonds. The Kier molecular flexibility index (Phi) is 5.14. The standard InChI is InChI=1S/C21H22N4O3/c1-14-9-20(22-11-15-7-8-18-19(10-15)28-13-27-18)25-21(24-14)23-12-16-5-3-4-6-17(16)26-2/h3-10H,11-13H2,1-2H3,(H2,22,23,24,25). The molecule has 7 nitrogen and oxygen atoms in total. The smallest absolute Gasteiger partial charge is 0.231 e. The Morgan fingerprint density at radius 3 is 2.71 bits per heavy atom. The van der Waals surface area contributed by atoms with Crippen molar-refractivity contribution < 1.29 is 14.2 Å². The summed E-state index contributed by atoms with van der Waals surface area (Å²) in [7, 11) is 1.67. The van der Waals surface area contributed by atoms with E-state index >= 15 is 0 Å². The van der Waals surface area contributed by atoms with Gasteiger partial charge in [0.2, 0.25) is 12.7 Å². The number of para-hydroxylation sites is 1. The topological polar surface area (TPSA) is 77.5 Å². The molecule has 1 aliphatic heterocycles. The molecule has 4 rings (SSSR count). The molecule has 0 saturated heterocycles. The predicted molar refractivity (Wildman–Crippen MR) is 107 cm³/mol. The number of methoxy groups -OCH3 is 1. The Morgan fingerprint density at radius 1 is 0.964 bits per heavy atom. The first-order chi connectivity index (χ1) is 13.7. The van der Waals surface area contributed by atoms with E-state index in [-0.39, 0.29) is 6.79 Å².